The zero-order chi connectivity index (χ0) is 14.4. The Hall–Kier alpha value is -1.46. The molecule has 1 amide bonds. The highest BCUT2D eigenvalue weighted by Gasteiger charge is 2.19. The van der Waals surface area contributed by atoms with Crippen molar-refractivity contribution in [2.24, 2.45) is 0 Å². The van der Waals surface area contributed by atoms with Crippen LogP contribution in [0.15, 0.2) is 24.3 Å². The summed E-state index contributed by atoms with van der Waals surface area (Å²) < 4.78 is 5.65. The third kappa shape index (κ3) is 4.90. The van der Waals surface area contributed by atoms with Gasteiger partial charge in [-0.05, 0) is 37.1 Å². The summed E-state index contributed by atoms with van der Waals surface area (Å²) in [6.45, 7) is 3.27. The Bertz CT molecular complexity index is 431. The van der Waals surface area contributed by atoms with E-state index in [0.717, 1.165) is 38.2 Å². The lowest BCUT2D eigenvalue weighted by Crippen LogP contribution is -2.45. The fourth-order valence-corrected chi connectivity index (χ4v) is 2.42. The normalized spacial score (nSPS) is 16.9. The molecule has 0 bridgehead atoms. The zero-order valence-electron chi connectivity index (χ0n) is 11.2. The monoisotopic (exact) mass is 298 g/mol. The number of halogens is 1. The zero-order valence-corrected chi connectivity index (χ0v) is 12.0. The minimum absolute atomic E-state index is 0.0842. The molecule has 5 nitrogen and oxygen atoms in total. The van der Waals surface area contributed by atoms with Crippen LogP contribution < -0.4 is 10.1 Å². The molecule has 1 aromatic carbocycles. The quantitative estimate of drug-likeness (QED) is 0.876. The molecule has 0 aromatic heterocycles. The first-order valence-corrected chi connectivity index (χ1v) is 7.11. The van der Waals surface area contributed by atoms with E-state index in [4.69, 9.17) is 21.4 Å². The van der Waals surface area contributed by atoms with Crippen molar-refractivity contribution in [3.05, 3.63) is 29.3 Å². The van der Waals surface area contributed by atoms with Gasteiger partial charge in [0.15, 0.2) is 0 Å². The summed E-state index contributed by atoms with van der Waals surface area (Å²) >= 11 is 5.81. The molecular weight excluding hydrogens is 280 g/mol. The van der Waals surface area contributed by atoms with E-state index in [2.05, 4.69) is 10.2 Å². The fraction of sp³-hybridized carbons (Fsp3) is 0.500. The molecular formula is C14H19ClN2O3. The van der Waals surface area contributed by atoms with Gasteiger partial charge in [-0.1, -0.05) is 11.6 Å². The van der Waals surface area contributed by atoms with Crippen LogP contribution in [0.4, 0.5) is 4.79 Å². The Morgan fingerprint density at radius 3 is 2.60 bits per heavy atom. The number of piperidine rings is 1. The van der Waals surface area contributed by atoms with Crippen LogP contribution in [0, 0.1) is 0 Å². The summed E-state index contributed by atoms with van der Waals surface area (Å²) in [4.78, 5) is 12.8. The van der Waals surface area contributed by atoms with Gasteiger partial charge in [0, 0.05) is 30.7 Å². The van der Waals surface area contributed by atoms with E-state index in [1.54, 1.807) is 12.1 Å². The molecule has 0 atom stereocenters. The number of carboxylic acid groups (broad SMARTS) is 1. The van der Waals surface area contributed by atoms with Crippen molar-refractivity contribution in [2.45, 2.75) is 18.9 Å². The number of hydrogen-bond donors (Lipinski definition) is 2. The Balaban J connectivity index is 1.63. The van der Waals surface area contributed by atoms with Crippen LogP contribution in [0.2, 0.25) is 5.02 Å². The Morgan fingerprint density at radius 2 is 2.00 bits per heavy atom. The van der Waals surface area contributed by atoms with E-state index in [9.17, 15) is 4.79 Å². The van der Waals surface area contributed by atoms with Gasteiger partial charge in [0.05, 0.1) is 0 Å². The van der Waals surface area contributed by atoms with Crippen LogP contribution in [0.5, 0.6) is 5.75 Å². The van der Waals surface area contributed by atoms with E-state index in [1.807, 2.05) is 12.1 Å². The van der Waals surface area contributed by atoms with E-state index in [0.29, 0.717) is 11.6 Å². The molecule has 1 heterocycles. The van der Waals surface area contributed by atoms with E-state index >= 15 is 0 Å². The smallest absolute Gasteiger partial charge is 0.404 e. The van der Waals surface area contributed by atoms with Gasteiger partial charge >= 0.3 is 6.09 Å². The molecule has 6 heteroatoms. The molecule has 0 saturated carbocycles. The molecule has 1 aliphatic rings. The second-order valence-electron chi connectivity index (χ2n) is 4.87. The fourth-order valence-electron chi connectivity index (χ4n) is 2.30. The average molecular weight is 299 g/mol. The first-order valence-electron chi connectivity index (χ1n) is 6.73. The average Bonchev–Trinajstić information content (AvgIpc) is 2.42. The highest BCUT2D eigenvalue weighted by molar-refractivity contribution is 6.30. The van der Waals surface area contributed by atoms with Crippen LogP contribution >= 0.6 is 11.6 Å². The topological polar surface area (TPSA) is 61.8 Å². The van der Waals surface area contributed by atoms with Gasteiger partial charge < -0.3 is 15.2 Å². The van der Waals surface area contributed by atoms with Crippen molar-refractivity contribution >= 4 is 17.7 Å². The number of amides is 1. The number of rotatable bonds is 5. The van der Waals surface area contributed by atoms with Crippen LogP contribution in [0.25, 0.3) is 0 Å². The van der Waals surface area contributed by atoms with Crippen LogP contribution in [0.1, 0.15) is 12.8 Å². The second kappa shape index (κ2) is 7.36. The molecule has 0 radical (unpaired) electrons. The van der Waals surface area contributed by atoms with Gasteiger partial charge in [0.2, 0.25) is 0 Å². The lowest BCUT2D eigenvalue weighted by Gasteiger charge is -2.31. The minimum Gasteiger partial charge on any atom is -0.492 e. The van der Waals surface area contributed by atoms with Crippen molar-refractivity contribution in [3.63, 3.8) is 0 Å². The number of nitrogens with zero attached hydrogens (tertiary/aromatic N) is 1. The SMILES string of the molecule is O=C(O)NC1CCN(CCOc2ccc(Cl)cc2)CC1. The van der Waals surface area contributed by atoms with Gasteiger partial charge in [-0.2, -0.15) is 0 Å². The lowest BCUT2D eigenvalue weighted by atomic mass is 10.1. The largest absolute Gasteiger partial charge is 0.492 e. The summed E-state index contributed by atoms with van der Waals surface area (Å²) in [6, 6.07) is 7.40. The predicted molar refractivity (Wildman–Crippen MR) is 77.6 cm³/mol. The third-order valence-corrected chi connectivity index (χ3v) is 3.66. The number of benzene rings is 1. The number of carbonyl (C=O) groups is 1. The van der Waals surface area contributed by atoms with E-state index in [-0.39, 0.29) is 6.04 Å². The van der Waals surface area contributed by atoms with Crippen molar-refractivity contribution in [1.82, 2.24) is 10.2 Å². The number of ether oxygens (including phenoxy) is 1. The highest BCUT2D eigenvalue weighted by atomic mass is 35.5. The lowest BCUT2D eigenvalue weighted by molar-refractivity contribution is 0.153. The maximum atomic E-state index is 10.5. The number of likely N-dealkylation sites (tertiary alicyclic amines) is 1. The van der Waals surface area contributed by atoms with E-state index in [1.165, 1.54) is 0 Å². The molecule has 110 valence electrons. The second-order valence-corrected chi connectivity index (χ2v) is 5.30. The van der Waals surface area contributed by atoms with Crippen LogP contribution in [-0.2, 0) is 0 Å². The summed E-state index contributed by atoms with van der Waals surface area (Å²) in [5.41, 5.74) is 0. The molecule has 2 N–H and O–H groups in total. The van der Waals surface area contributed by atoms with Gasteiger partial charge in [0.1, 0.15) is 12.4 Å². The highest BCUT2D eigenvalue weighted by Crippen LogP contribution is 2.16. The molecule has 1 aliphatic heterocycles. The Kier molecular flexibility index (Phi) is 5.49. The number of hydrogen-bond acceptors (Lipinski definition) is 3. The van der Waals surface area contributed by atoms with Crippen LogP contribution in [0.3, 0.4) is 0 Å². The van der Waals surface area contributed by atoms with Gasteiger partial charge in [-0.15, -0.1) is 0 Å². The van der Waals surface area contributed by atoms with Crippen molar-refractivity contribution in [3.8, 4) is 5.75 Å². The maximum absolute atomic E-state index is 10.5. The molecule has 0 spiro atoms. The standard InChI is InChI=1S/C14H19ClN2O3/c15-11-1-3-13(4-2-11)20-10-9-17-7-5-12(6-8-17)16-14(18)19/h1-4,12,16H,5-10H2,(H,18,19). The summed E-state index contributed by atoms with van der Waals surface area (Å²) in [5, 5.41) is 11.9. The van der Waals surface area contributed by atoms with Gasteiger partial charge in [-0.25, -0.2) is 4.79 Å². The third-order valence-electron chi connectivity index (χ3n) is 3.41. The molecule has 1 fully saturated rings. The van der Waals surface area contributed by atoms with Gasteiger partial charge in [0.25, 0.3) is 0 Å². The van der Waals surface area contributed by atoms with Crippen molar-refractivity contribution in [1.29, 1.82) is 0 Å². The minimum atomic E-state index is -0.936. The Labute approximate surface area is 123 Å². The summed E-state index contributed by atoms with van der Waals surface area (Å²) in [6.07, 6.45) is 0.773. The summed E-state index contributed by atoms with van der Waals surface area (Å²) in [7, 11) is 0. The first-order chi connectivity index (χ1) is 9.63. The summed E-state index contributed by atoms with van der Waals surface area (Å²) in [5.74, 6) is 0.817. The Morgan fingerprint density at radius 1 is 1.35 bits per heavy atom. The number of nitrogens with one attached hydrogen (secondary N) is 1. The molecule has 2 rings (SSSR count). The van der Waals surface area contributed by atoms with Crippen molar-refractivity contribution in [2.75, 3.05) is 26.2 Å². The predicted octanol–water partition coefficient (Wildman–Crippen LogP) is 2.45. The molecule has 1 saturated heterocycles. The molecule has 1 aromatic rings. The molecule has 0 aliphatic carbocycles. The van der Waals surface area contributed by atoms with E-state index < -0.39 is 6.09 Å². The van der Waals surface area contributed by atoms with Crippen molar-refractivity contribution < 1.29 is 14.6 Å². The maximum Gasteiger partial charge on any atom is 0.404 e. The molecule has 20 heavy (non-hydrogen) atoms. The first kappa shape index (κ1) is 14.9. The van der Waals surface area contributed by atoms with Crippen LogP contribution in [-0.4, -0.2) is 48.4 Å². The molecule has 0 unspecified atom stereocenters. The van der Waals surface area contributed by atoms with Gasteiger partial charge in [-0.3, -0.25) is 4.90 Å².